The third-order valence-electron chi connectivity index (χ3n) is 1.38. The van der Waals surface area contributed by atoms with E-state index >= 15 is 0 Å². The number of rotatable bonds is 4. The van der Waals surface area contributed by atoms with Crippen LogP contribution in [0.5, 0.6) is 5.75 Å². The average Bonchev–Trinajstić information content (AvgIpc) is 2.15. The molecule has 5 nitrogen and oxygen atoms in total. The van der Waals surface area contributed by atoms with E-state index in [1.807, 2.05) is 0 Å². The predicted molar refractivity (Wildman–Crippen MR) is 54.6 cm³/mol. The van der Waals surface area contributed by atoms with Crippen LogP contribution in [-0.4, -0.2) is 17.7 Å². The summed E-state index contributed by atoms with van der Waals surface area (Å²) >= 11 is 0. The molecular weight excluding hydrogens is 208 g/mol. The normalized spacial score (nSPS) is 8.64. The number of halogens is 1. The van der Waals surface area contributed by atoms with Crippen molar-refractivity contribution in [1.29, 1.82) is 0 Å². The van der Waals surface area contributed by atoms with E-state index in [4.69, 9.17) is 15.7 Å². The summed E-state index contributed by atoms with van der Waals surface area (Å²) < 4.78 is 4.90. The van der Waals surface area contributed by atoms with Gasteiger partial charge in [0.2, 0.25) is 0 Å². The molecule has 0 fully saturated rings. The van der Waals surface area contributed by atoms with E-state index < -0.39 is 5.97 Å². The van der Waals surface area contributed by atoms with Gasteiger partial charge in [-0.1, -0.05) is 0 Å². The van der Waals surface area contributed by atoms with Gasteiger partial charge < -0.3 is 15.3 Å². The minimum Gasteiger partial charge on any atom is -0.482 e. The number of hydrogen-bond acceptors (Lipinski definition) is 4. The molecule has 0 aliphatic rings. The Morgan fingerprint density at radius 3 is 2.43 bits per heavy atom. The third-order valence-corrected chi connectivity index (χ3v) is 1.38. The van der Waals surface area contributed by atoms with Crippen molar-refractivity contribution in [3.8, 4) is 5.75 Å². The summed E-state index contributed by atoms with van der Waals surface area (Å²) in [6.45, 7) is -0.338. The highest BCUT2D eigenvalue weighted by Crippen LogP contribution is 2.14. The summed E-state index contributed by atoms with van der Waals surface area (Å²) in [6, 6.07) is 6.66. The largest absolute Gasteiger partial charge is 0.482 e. The number of nitrogens with two attached hydrogens (primary N) is 1. The molecule has 0 radical (unpaired) electrons. The summed E-state index contributed by atoms with van der Waals surface area (Å²) in [4.78, 5) is 10.1. The first-order valence-corrected chi connectivity index (χ1v) is 3.63. The van der Waals surface area contributed by atoms with Gasteiger partial charge in [0.05, 0.1) is 0 Å². The molecule has 6 heteroatoms. The highest BCUT2D eigenvalue weighted by molar-refractivity contribution is 5.85. The number of hydrogen-bond donors (Lipinski definition) is 3. The van der Waals surface area contributed by atoms with Crippen LogP contribution in [0.25, 0.3) is 0 Å². The maximum Gasteiger partial charge on any atom is 0.341 e. The van der Waals surface area contributed by atoms with Crippen molar-refractivity contribution in [2.45, 2.75) is 0 Å². The lowest BCUT2D eigenvalue weighted by Gasteiger charge is -2.03. The Labute approximate surface area is 87.2 Å². The van der Waals surface area contributed by atoms with E-state index in [-0.39, 0.29) is 19.0 Å². The molecule has 1 aromatic carbocycles. The van der Waals surface area contributed by atoms with Gasteiger partial charge in [0.15, 0.2) is 6.61 Å². The fourth-order valence-corrected chi connectivity index (χ4v) is 0.792. The Morgan fingerprint density at radius 1 is 1.43 bits per heavy atom. The maximum atomic E-state index is 10.1. The van der Waals surface area contributed by atoms with Crippen molar-refractivity contribution >= 4 is 24.1 Å². The predicted octanol–water partition coefficient (Wildman–Crippen LogP) is 0.857. The molecule has 0 aliphatic heterocycles. The van der Waals surface area contributed by atoms with Gasteiger partial charge in [-0.25, -0.2) is 4.79 Å². The number of nitrogens with one attached hydrogen (secondary N) is 1. The first kappa shape index (κ1) is 12.5. The molecule has 0 aromatic heterocycles. The summed E-state index contributed by atoms with van der Waals surface area (Å²) in [6.07, 6.45) is 0. The van der Waals surface area contributed by atoms with Crippen molar-refractivity contribution in [3.63, 3.8) is 0 Å². The van der Waals surface area contributed by atoms with Gasteiger partial charge in [-0.15, -0.1) is 12.4 Å². The molecule has 1 rings (SSSR count). The second-order valence-corrected chi connectivity index (χ2v) is 2.35. The first-order chi connectivity index (χ1) is 6.22. The number of benzene rings is 1. The topological polar surface area (TPSA) is 84.6 Å². The van der Waals surface area contributed by atoms with Gasteiger partial charge in [0, 0.05) is 5.69 Å². The number of nitrogen functional groups attached to an aromatic ring is 1. The van der Waals surface area contributed by atoms with Crippen LogP contribution in [-0.2, 0) is 4.79 Å². The van der Waals surface area contributed by atoms with Gasteiger partial charge in [0.1, 0.15) is 5.75 Å². The van der Waals surface area contributed by atoms with E-state index in [0.717, 1.165) is 5.69 Å². The lowest BCUT2D eigenvalue weighted by atomic mass is 10.3. The number of carboxylic acid groups (broad SMARTS) is 1. The summed E-state index contributed by atoms with van der Waals surface area (Å²) in [7, 11) is 0. The van der Waals surface area contributed by atoms with E-state index in [0.29, 0.717) is 5.75 Å². The van der Waals surface area contributed by atoms with Crippen LogP contribution >= 0.6 is 12.4 Å². The van der Waals surface area contributed by atoms with E-state index in [1.54, 1.807) is 24.3 Å². The van der Waals surface area contributed by atoms with Crippen LogP contribution in [0.15, 0.2) is 24.3 Å². The van der Waals surface area contributed by atoms with Gasteiger partial charge in [-0.3, -0.25) is 5.84 Å². The summed E-state index contributed by atoms with van der Waals surface area (Å²) in [5.74, 6) is 4.64. The average molecular weight is 219 g/mol. The lowest BCUT2D eigenvalue weighted by Crippen LogP contribution is -2.09. The van der Waals surface area contributed by atoms with E-state index in [1.165, 1.54) is 0 Å². The lowest BCUT2D eigenvalue weighted by molar-refractivity contribution is -0.139. The molecule has 1 aromatic rings. The second-order valence-electron chi connectivity index (χ2n) is 2.35. The third kappa shape index (κ3) is 3.97. The van der Waals surface area contributed by atoms with Crippen LogP contribution in [0, 0.1) is 0 Å². The van der Waals surface area contributed by atoms with Crippen LogP contribution in [0.3, 0.4) is 0 Å². The zero-order valence-electron chi connectivity index (χ0n) is 7.27. The SMILES string of the molecule is Cl.NNc1ccc(OCC(=O)O)cc1. The van der Waals surface area contributed by atoms with Crippen LogP contribution in [0.2, 0.25) is 0 Å². The number of carboxylic acids is 1. The quantitative estimate of drug-likeness (QED) is 0.516. The van der Waals surface area contributed by atoms with Crippen molar-refractivity contribution in [2.24, 2.45) is 5.84 Å². The molecule has 0 heterocycles. The zero-order chi connectivity index (χ0) is 9.68. The minimum absolute atomic E-state index is 0. The number of anilines is 1. The monoisotopic (exact) mass is 218 g/mol. The molecule has 0 saturated heterocycles. The Bertz CT molecular complexity index is 289. The molecule has 0 saturated carbocycles. The smallest absolute Gasteiger partial charge is 0.341 e. The Balaban J connectivity index is 0.00000169. The molecule has 0 bridgehead atoms. The van der Waals surface area contributed by atoms with Crippen molar-refractivity contribution < 1.29 is 14.6 Å². The summed E-state index contributed by atoms with van der Waals surface area (Å²) in [5, 5.41) is 8.32. The Kier molecular flexibility index (Phi) is 5.43. The van der Waals surface area contributed by atoms with E-state index in [2.05, 4.69) is 5.43 Å². The molecule has 0 spiro atoms. The number of ether oxygens (including phenoxy) is 1. The van der Waals surface area contributed by atoms with Gasteiger partial charge >= 0.3 is 5.97 Å². The Hall–Kier alpha value is -1.46. The number of hydrazine groups is 1. The second kappa shape index (κ2) is 6.06. The van der Waals surface area contributed by atoms with Crippen molar-refractivity contribution in [1.82, 2.24) is 0 Å². The molecular formula is C8H11ClN2O3. The van der Waals surface area contributed by atoms with Crippen molar-refractivity contribution in [3.05, 3.63) is 24.3 Å². The highest BCUT2D eigenvalue weighted by atomic mass is 35.5. The molecule has 0 aliphatic carbocycles. The van der Waals surface area contributed by atoms with Gasteiger partial charge in [0.25, 0.3) is 0 Å². The first-order valence-electron chi connectivity index (χ1n) is 3.63. The molecule has 14 heavy (non-hydrogen) atoms. The molecule has 0 atom stereocenters. The van der Waals surface area contributed by atoms with Gasteiger partial charge in [-0.2, -0.15) is 0 Å². The van der Waals surface area contributed by atoms with Crippen LogP contribution < -0.4 is 16.0 Å². The molecule has 4 N–H and O–H groups in total. The fraction of sp³-hybridized carbons (Fsp3) is 0.125. The highest BCUT2D eigenvalue weighted by Gasteiger charge is 1.98. The molecule has 78 valence electrons. The van der Waals surface area contributed by atoms with Crippen LogP contribution in [0.4, 0.5) is 5.69 Å². The minimum atomic E-state index is -0.999. The van der Waals surface area contributed by atoms with Crippen molar-refractivity contribution in [2.75, 3.05) is 12.0 Å². The number of aliphatic carboxylic acids is 1. The molecule has 0 amide bonds. The number of carbonyl (C=O) groups is 1. The standard InChI is InChI=1S/C8H10N2O3.ClH/c9-10-6-1-3-7(4-2-6)13-5-8(11)12;/h1-4,10H,5,9H2,(H,11,12);1H. The van der Waals surface area contributed by atoms with E-state index in [9.17, 15) is 4.79 Å². The fourth-order valence-electron chi connectivity index (χ4n) is 0.792. The molecule has 0 unspecified atom stereocenters. The van der Waals surface area contributed by atoms with Gasteiger partial charge in [-0.05, 0) is 24.3 Å². The van der Waals surface area contributed by atoms with Crippen LogP contribution in [0.1, 0.15) is 0 Å². The zero-order valence-corrected chi connectivity index (χ0v) is 8.08. The summed E-state index contributed by atoms with van der Waals surface area (Å²) in [5.41, 5.74) is 3.19. The maximum absolute atomic E-state index is 10.1. The Morgan fingerprint density at radius 2 is 2.00 bits per heavy atom.